The summed E-state index contributed by atoms with van der Waals surface area (Å²) in [6, 6.07) is 3.89. The van der Waals surface area contributed by atoms with Crippen LogP contribution in [0.2, 0.25) is 0 Å². The van der Waals surface area contributed by atoms with Gasteiger partial charge in [-0.15, -0.1) is 0 Å². The van der Waals surface area contributed by atoms with Crippen molar-refractivity contribution in [2.45, 2.75) is 24.6 Å². The highest BCUT2D eigenvalue weighted by molar-refractivity contribution is 5.63. The van der Waals surface area contributed by atoms with E-state index in [1.165, 1.54) is 12.1 Å². The fourth-order valence-corrected chi connectivity index (χ4v) is 2.63. The molecule has 6 heteroatoms. The molecule has 106 valence electrons. The van der Waals surface area contributed by atoms with E-state index >= 15 is 0 Å². The second-order valence-corrected chi connectivity index (χ2v) is 4.96. The Bertz CT molecular complexity index is 475. The number of halogens is 3. The first-order valence-corrected chi connectivity index (χ1v) is 6.14. The molecule has 19 heavy (non-hydrogen) atoms. The highest BCUT2D eigenvalue weighted by atomic mass is 19.4. The Hall–Kier alpha value is -1.27. The van der Waals surface area contributed by atoms with E-state index in [1.54, 1.807) is 11.9 Å². The van der Waals surface area contributed by atoms with Gasteiger partial charge in [-0.2, -0.15) is 13.2 Å². The molecule has 0 amide bonds. The van der Waals surface area contributed by atoms with Crippen molar-refractivity contribution in [3.63, 3.8) is 0 Å². The zero-order chi connectivity index (χ0) is 14.3. The van der Waals surface area contributed by atoms with Gasteiger partial charge in [-0.3, -0.25) is 0 Å². The number of hydrogen-bond donors (Lipinski definition) is 2. The summed E-state index contributed by atoms with van der Waals surface area (Å²) in [6.45, 7) is 0.373. The third-order valence-corrected chi connectivity index (χ3v) is 3.65. The van der Waals surface area contributed by atoms with Crippen molar-refractivity contribution in [3.8, 4) is 0 Å². The maximum absolute atomic E-state index is 13.1. The summed E-state index contributed by atoms with van der Waals surface area (Å²) in [5.41, 5.74) is 3.78. The Morgan fingerprint density at radius 3 is 2.68 bits per heavy atom. The van der Waals surface area contributed by atoms with Crippen LogP contribution in [0.3, 0.4) is 0 Å². The summed E-state index contributed by atoms with van der Waals surface area (Å²) in [4.78, 5) is 1.55. The molecular formula is C13H17F3N2O. The molecule has 0 aromatic heterocycles. The van der Waals surface area contributed by atoms with Crippen LogP contribution in [0, 0.1) is 0 Å². The third-order valence-electron chi connectivity index (χ3n) is 3.65. The predicted octanol–water partition coefficient (Wildman–Crippen LogP) is 2.08. The lowest BCUT2D eigenvalue weighted by molar-refractivity contribution is -0.137. The molecule has 1 unspecified atom stereocenters. The van der Waals surface area contributed by atoms with Crippen molar-refractivity contribution in [1.29, 1.82) is 0 Å². The van der Waals surface area contributed by atoms with Crippen LogP contribution in [-0.2, 0) is 11.8 Å². The number of para-hydroxylation sites is 1. The average molecular weight is 274 g/mol. The average Bonchev–Trinajstić information content (AvgIpc) is 2.48. The molecule has 0 spiro atoms. The van der Waals surface area contributed by atoms with E-state index in [4.69, 9.17) is 5.73 Å². The van der Waals surface area contributed by atoms with Crippen molar-refractivity contribution >= 4 is 5.69 Å². The van der Waals surface area contributed by atoms with Crippen molar-refractivity contribution < 1.29 is 18.3 Å². The number of nitrogens with zero attached hydrogens (tertiary/aromatic N) is 1. The monoisotopic (exact) mass is 274 g/mol. The van der Waals surface area contributed by atoms with E-state index in [0.717, 1.165) is 6.07 Å². The SMILES string of the molecule is CN1CCCC(O)(CN)c2cccc(C(F)(F)F)c21. The zero-order valence-electron chi connectivity index (χ0n) is 10.7. The first-order valence-electron chi connectivity index (χ1n) is 6.14. The van der Waals surface area contributed by atoms with Crippen molar-refractivity contribution in [3.05, 3.63) is 29.3 Å². The maximum atomic E-state index is 13.1. The molecule has 1 heterocycles. The Kier molecular flexibility index (Phi) is 3.49. The summed E-state index contributed by atoms with van der Waals surface area (Å²) in [6.07, 6.45) is -3.49. The van der Waals surface area contributed by atoms with Gasteiger partial charge < -0.3 is 15.7 Å². The molecule has 1 atom stereocenters. The molecule has 0 radical (unpaired) electrons. The fraction of sp³-hybridized carbons (Fsp3) is 0.538. The molecule has 0 saturated carbocycles. The number of rotatable bonds is 1. The summed E-state index contributed by atoms with van der Waals surface area (Å²) < 4.78 is 39.3. The van der Waals surface area contributed by atoms with Gasteiger partial charge in [0.05, 0.1) is 11.3 Å². The number of anilines is 1. The minimum atomic E-state index is -4.44. The normalized spacial score (nSPS) is 24.0. The standard InChI is InChI=1S/C13H17F3N2O/c1-18-7-3-6-12(19,8-17)9-4-2-5-10(11(9)18)13(14,15)16/h2,4-5,19H,3,6-8,17H2,1H3. The van der Waals surface area contributed by atoms with Crippen molar-refractivity contribution in [1.82, 2.24) is 0 Å². The number of aliphatic hydroxyl groups is 1. The zero-order valence-corrected chi connectivity index (χ0v) is 10.7. The molecule has 1 aliphatic rings. The molecule has 0 bridgehead atoms. The van der Waals surface area contributed by atoms with Gasteiger partial charge in [-0.05, 0) is 18.9 Å². The van der Waals surface area contributed by atoms with Crippen LogP contribution in [0.15, 0.2) is 18.2 Å². The van der Waals surface area contributed by atoms with E-state index in [0.29, 0.717) is 19.4 Å². The van der Waals surface area contributed by atoms with Gasteiger partial charge in [-0.1, -0.05) is 12.1 Å². The van der Waals surface area contributed by atoms with E-state index in [-0.39, 0.29) is 17.8 Å². The first-order chi connectivity index (χ1) is 8.79. The maximum Gasteiger partial charge on any atom is 0.418 e. The second kappa shape index (κ2) is 4.68. The van der Waals surface area contributed by atoms with Crippen LogP contribution in [0.1, 0.15) is 24.0 Å². The Morgan fingerprint density at radius 2 is 2.11 bits per heavy atom. The van der Waals surface area contributed by atoms with Crippen molar-refractivity contribution in [2.24, 2.45) is 5.73 Å². The Balaban J connectivity index is 2.69. The van der Waals surface area contributed by atoms with Crippen LogP contribution in [0.4, 0.5) is 18.9 Å². The van der Waals surface area contributed by atoms with Crippen LogP contribution >= 0.6 is 0 Å². The smallest absolute Gasteiger partial charge is 0.384 e. The fourth-order valence-electron chi connectivity index (χ4n) is 2.63. The Morgan fingerprint density at radius 1 is 1.42 bits per heavy atom. The van der Waals surface area contributed by atoms with Gasteiger partial charge in [0.1, 0.15) is 5.60 Å². The molecule has 0 aliphatic carbocycles. The van der Waals surface area contributed by atoms with E-state index in [9.17, 15) is 18.3 Å². The molecule has 3 N–H and O–H groups in total. The predicted molar refractivity (Wildman–Crippen MR) is 66.9 cm³/mol. The number of fused-ring (bicyclic) bond motifs is 1. The van der Waals surface area contributed by atoms with E-state index < -0.39 is 17.3 Å². The summed E-state index contributed by atoms with van der Waals surface area (Å²) in [5.74, 6) is 0. The molecule has 3 nitrogen and oxygen atoms in total. The van der Waals surface area contributed by atoms with E-state index in [1.807, 2.05) is 0 Å². The van der Waals surface area contributed by atoms with Gasteiger partial charge in [0.15, 0.2) is 0 Å². The van der Waals surface area contributed by atoms with Gasteiger partial charge in [0.25, 0.3) is 0 Å². The molecule has 1 aliphatic heterocycles. The molecular weight excluding hydrogens is 257 g/mol. The molecule has 1 aromatic rings. The lowest BCUT2D eigenvalue weighted by Gasteiger charge is -2.30. The molecule has 0 fully saturated rings. The number of benzene rings is 1. The van der Waals surface area contributed by atoms with Crippen LogP contribution in [0.5, 0.6) is 0 Å². The largest absolute Gasteiger partial charge is 0.418 e. The van der Waals surface area contributed by atoms with Crippen LogP contribution < -0.4 is 10.6 Å². The van der Waals surface area contributed by atoms with Crippen LogP contribution in [0.25, 0.3) is 0 Å². The lowest BCUT2D eigenvalue weighted by atomic mass is 9.87. The summed E-state index contributed by atoms with van der Waals surface area (Å²) in [5, 5.41) is 10.5. The number of alkyl halides is 3. The molecule has 0 saturated heterocycles. The molecule has 2 rings (SSSR count). The van der Waals surface area contributed by atoms with Gasteiger partial charge in [0.2, 0.25) is 0 Å². The Labute approximate surface area is 109 Å². The summed E-state index contributed by atoms with van der Waals surface area (Å²) >= 11 is 0. The highest BCUT2D eigenvalue weighted by Crippen LogP contribution is 2.44. The first kappa shape index (κ1) is 14.1. The number of hydrogen-bond acceptors (Lipinski definition) is 3. The summed E-state index contributed by atoms with van der Waals surface area (Å²) in [7, 11) is 1.61. The van der Waals surface area contributed by atoms with Gasteiger partial charge in [-0.25, -0.2) is 0 Å². The highest BCUT2D eigenvalue weighted by Gasteiger charge is 2.40. The lowest BCUT2D eigenvalue weighted by Crippen LogP contribution is -2.35. The van der Waals surface area contributed by atoms with E-state index in [2.05, 4.69) is 0 Å². The molecule has 1 aromatic carbocycles. The van der Waals surface area contributed by atoms with Gasteiger partial charge in [0, 0.05) is 25.7 Å². The van der Waals surface area contributed by atoms with Gasteiger partial charge >= 0.3 is 6.18 Å². The minimum Gasteiger partial charge on any atom is -0.384 e. The minimum absolute atomic E-state index is 0.0421. The second-order valence-electron chi connectivity index (χ2n) is 4.96. The number of nitrogens with two attached hydrogens (primary N) is 1. The quantitative estimate of drug-likeness (QED) is 0.824. The topological polar surface area (TPSA) is 49.5 Å². The van der Waals surface area contributed by atoms with Crippen molar-refractivity contribution in [2.75, 3.05) is 25.0 Å². The van der Waals surface area contributed by atoms with Crippen LogP contribution in [-0.4, -0.2) is 25.2 Å². The third kappa shape index (κ3) is 2.42.